The van der Waals surface area contributed by atoms with Gasteiger partial charge in [0, 0.05) is 12.5 Å². The van der Waals surface area contributed by atoms with E-state index in [-0.39, 0.29) is 5.91 Å². The number of halogens is 1. The van der Waals surface area contributed by atoms with Gasteiger partial charge in [-0.2, -0.15) is 0 Å². The van der Waals surface area contributed by atoms with Crippen molar-refractivity contribution in [2.75, 3.05) is 6.61 Å². The number of ether oxygens (including phenoxy) is 1. The lowest BCUT2D eigenvalue weighted by Gasteiger charge is -2.16. The SMILES string of the molecule is CC(C)c1ccc(OCCCC(=O)NC2CCCCCC2)c(Br)c1. The van der Waals surface area contributed by atoms with Gasteiger partial charge in [-0.25, -0.2) is 0 Å². The summed E-state index contributed by atoms with van der Waals surface area (Å²) in [6, 6.07) is 6.60. The van der Waals surface area contributed by atoms with Crippen LogP contribution in [-0.4, -0.2) is 18.6 Å². The fourth-order valence-corrected chi connectivity index (χ4v) is 3.64. The van der Waals surface area contributed by atoms with E-state index in [1.54, 1.807) is 0 Å². The number of nitrogens with one attached hydrogen (secondary N) is 1. The highest BCUT2D eigenvalue weighted by molar-refractivity contribution is 9.10. The summed E-state index contributed by atoms with van der Waals surface area (Å²) in [4.78, 5) is 12.0. The summed E-state index contributed by atoms with van der Waals surface area (Å²) in [5.74, 6) is 1.52. The number of carbonyl (C=O) groups is 1. The quantitative estimate of drug-likeness (QED) is 0.483. The molecule has 2 rings (SSSR count). The first kappa shape index (κ1) is 19.3. The van der Waals surface area contributed by atoms with Crippen LogP contribution in [-0.2, 0) is 4.79 Å². The summed E-state index contributed by atoms with van der Waals surface area (Å²) in [5.41, 5.74) is 1.29. The molecule has 0 aliphatic heterocycles. The molecule has 0 spiro atoms. The second-order valence-electron chi connectivity index (χ2n) is 7.05. The predicted octanol–water partition coefficient (Wildman–Crippen LogP) is 5.57. The lowest BCUT2D eigenvalue weighted by molar-refractivity contribution is -0.122. The van der Waals surface area contributed by atoms with Gasteiger partial charge < -0.3 is 10.1 Å². The highest BCUT2D eigenvalue weighted by Crippen LogP contribution is 2.29. The molecule has 1 amide bonds. The fraction of sp³-hybridized carbons (Fsp3) is 0.650. The van der Waals surface area contributed by atoms with Crippen molar-refractivity contribution in [1.82, 2.24) is 5.32 Å². The summed E-state index contributed by atoms with van der Waals surface area (Å²) >= 11 is 3.57. The number of rotatable bonds is 7. The van der Waals surface area contributed by atoms with Crippen molar-refractivity contribution in [1.29, 1.82) is 0 Å². The molecule has 0 bridgehead atoms. The van der Waals surface area contributed by atoms with E-state index in [4.69, 9.17) is 4.74 Å². The van der Waals surface area contributed by atoms with Gasteiger partial charge in [0.05, 0.1) is 11.1 Å². The number of carbonyl (C=O) groups excluding carboxylic acids is 1. The van der Waals surface area contributed by atoms with Gasteiger partial charge in [0.2, 0.25) is 5.91 Å². The maximum absolute atomic E-state index is 12.0. The highest BCUT2D eigenvalue weighted by Gasteiger charge is 2.14. The third-order valence-electron chi connectivity index (χ3n) is 4.65. The van der Waals surface area contributed by atoms with Crippen LogP contribution in [0.1, 0.15) is 76.7 Å². The molecular weight excluding hydrogens is 366 g/mol. The van der Waals surface area contributed by atoms with E-state index in [1.807, 2.05) is 6.07 Å². The van der Waals surface area contributed by atoms with E-state index in [2.05, 4.69) is 47.2 Å². The molecule has 1 aliphatic carbocycles. The van der Waals surface area contributed by atoms with Gasteiger partial charge in [0.1, 0.15) is 5.75 Å². The monoisotopic (exact) mass is 395 g/mol. The molecule has 4 heteroatoms. The van der Waals surface area contributed by atoms with Crippen molar-refractivity contribution < 1.29 is 9.53 Å². The lowest BCUT2D eigenvalue weighted by Crippen LogP contribution is -2.34. The van der Waals surface area contributed by atoms with Gasteiger partial charge >= 0.3 is 0 Å². The Hall–Kier alpha value is -1.03. The van der Waals surface area contributed by atoms with Crippen LogP contribution in [0.3, 0.4) is 0 Å². The average Bonchev–Trinajstić information content (AvgIpc) is 2.81. The Morgan fingerprint density at radius 2 is 1.96 bits per heavy atom. The third kappa shape index (κ3) is 6.46. The first-order chi connectivity index (χ1) is 11.6. The van der Waals surface area contributed by atoms with Gasteiger partial charge in [-0.05, 0) is 58.8 Å². The van der Waals surface area contributed by atoms with Crippen molar-refractivity contribution in [3.63, 3.8) is 0 Å². The molecule has 134 valence electrons. The smallest absolute Gasteiger partial charge is 0.220 e. The number of hydrogen-bond donors (Lipinski definition) is 1. The first-order valence-corrected chi connectivity index (χ1v) is 10.1. The fourth-order valence-electron chi connectivity index (χ4n) is 3.13. The van der Waals surface area contributed by atoms with Crippen LogP contribution in [0.15, 0.2) is 22.7 Å². The van der Waals surface area contributed by atoms with E-state index in [0.717, 1.165) is 29.5 Å². The van der Waals surface area contributed by atoms with Crippen LogP contribution < -0.4 is 10.1 Å². The first-order valence-electron chi connectivity index (χ1n) is 9.28. The Bertz CT molecular complexity index is 522. The molecule has 3 nitrogen and oxygen atoms in total. The van der Waals surface area contributed by atoms with Gasteiger partial charge in [-0.3, -0.25) is 4.79 Å². The molecule has 24 heavy (non-hydrogen) atoms. The van der Waals surface area contributed by atoms with Gasteiger partial charge in [0.15, 0.2) is 0 Å². The van der Waals surface area contributed by atoms with Crippen LogP contribution in [0.25, 0.3) is 0 Å². The third-order valence-corrected chi connectivity index (χ3v) is 5.27. The molecule has 0 heterocycles. The lowest BCUT2D eigenvalue weighted by atomic mass is 10.0. The minimum Gasteiger partial charge on any atom is -0.492 e. The Kier molecular flexibility index (Phi) is 8.10. The molecule has 0 radical (unpaired) electrons. The minimum absolute atomic E-state index is 0.166. The molecule has 0 atom stereocenters. The Morgan fingerprint density at radius 1 is 1.25 bits per heavy atom. The summed E-state index contributed by atoms with van der Waals surface area (Å²) in [7, 11) is 0. The number of benzene rings is 1. The average molecular weight is 396 g/mol. The van der Waals surface area contributed by atoms with Gasteiger partial charge in [-0.15, -0.1) is 0 Å². The molecule has 0 aromatic heterocycles. The summed E-state index contributed by atoms with van der Waals surface area (Å²) in [6.45, 7) is 4.92. The van der Waals surface area contributed by atoms with Crippen LogP contribution in [0, 0.1) is 0 Å². The van der Waals surface area contributed by atoms with Crippen molar-refractivity contribution in [3.8, 4) is 5.75 Å². The van der Waals surface area contributed by atoms with E-state index in [9.17, 15) is 4.79 Å². The Morgan fingerprint density at radius 3 is 2.58 bits per heavy atom. The molecule has 1 aromatic rings. The van der Waals surface area contributed by atoms with Crippen molar-refractivity contribution in [2.24, 2.45) is 0 Å². The van der Waals surface area contributed by atoms with Gasteiger partial charge in [0.25, 0.3) is 0 Å². The molecule has 1 aliphatic rings. The van der Waals surface area contributed by atoms with Crippen molar-refractivity contribution >= 4 is 21.8 Å². The van der Waals surface area contributed by atoms with Crippen LogP contribution in [0.2, 0.25) is 0 Å². The topological polar surface area (TPSA) is 38.3 Å². The maximum atomic E-state index is 12.0. The molecule has 1 N–H and O–H groups in total. The summed E-state index contributed by atoms with van der Waals surface area (Å²) in [5, 5.41) is 3.19. The Balaban J connectivity index is 1.67. The second-order valence-corrected chi connectivity index (χ2v) is 7.91. The molecule has 1 aromatic carbocycles. The minimum atomic E-state index is 0.166. The van der Waals surface area contributed by atoms with Crippen LogP contribution in [0.5, 0.6) is 5.75 Å². The van der Waals surface area contributed by atoms with E-state index in [1.165, 1.54) is 31.2 Å². The summed E-state index contributed by atoms with van der Waals surface area (Å²) < 4.78 is 6.79. The highest BCUT2D eigenvalue weighted by atomic mass is 79.9. The molecule has 0 unspecified atom stereocenters. The Labute approximate surface area is 154 Å². The van der Waals surface area contributed by atoms with Crippen molar-refractivity contribution in [2.45, 2.75) is 77.2 Å². The van der Waals surface area contributed by atoms with E-state index in [0.29, 0.717) is 25.0 Å². The zero-order chi connectivity index (χ0) is 17.4. The standard InChI is InChI=1S/C20H30BrNO2/c1-15(2)16-11-12-19(18(21)14-16)24-13-7-10-20(23)22-17-8-5-3-4-6-9-17/h11-12,14-15,17H,3-10,13H2,1-2H3,(H,22,23). The zero-order valence-corrected chi connectivity index (χ0v) is 16.5. The molecule has 1 saturated carbocycles. The van der Waals surface area contributed by atoms with Gasteiger partial charge in [-0.1, -0.05) is 45.6 Å². The molecule has 1 fully saturated rings. The predicted molar refractivity (Wildman–Crippen MR) is 103 cm³/mol. The second kappa shape index (κ2) is 10.1. The maximum Gasteiger partial charge on any atom is 0.220 e. The number of hydrogen-bond acceptors (Lipinski definition) is 2. The number of amides is 1. The normalized spacial score (nSPS) is 16.0. The summed E-state index contributed by atoms with van der Waals surface area (Å²) in [6.07, 6.45) is 8.67. The van der Waals surface area contributed by atoms with Crippen LogP contribution in [0.4, 0.5) is 0 Å². The molecular formula is C20H30BrNO2. The zero-order valence-electron chi connectivity index (χ0n) is 14.9. The van der Waals surface area contributed by atoms with Crippen molar-refractivity contribution in [3.05, 3.63) is 28.2 Å². The largest absolute Gasteiger partial charge is 0.492 e. The van der Waals surface area contributed by atoms with E-state index < -0.39 is 0 Å². The molecule has 0 saturated heterocycles. The van der Waals surface area contributed by atoms with E-state index >= 15 is 0 Å². The van der Waals surface area contributed by atoms with Crippen LogP contribution >= 0.6 is 15.9 Å².